The summed E-state index contributed by atoms with van der Waals surface area (Å²) in [6, 6.07) is 9.86. The van der Waals surface area contributed by atoms with E-state index in [0.717, 1.165) is 24.3 Å². The van der Waals surface area contributed by atoms with Gasteiger partial charge in [-0.1, -0.05) is 23.7 Å². The molecule has 2 aromatic rings. The molecule has 0 amide bonds. The monoisotopic (exact) mass is 398 g/mol. The number of carbonyl (C=O) groups excluding carboxylic acids is 1. The number of nitrogens with zero attached hydrogens (tertiary/aromatic N) is 1. The van der Waals surface area contributed by atoms with Gasteiger partial charge in [-0.25, -0.2) is 13.1 Å². The highest BCUT2D eigenvalue weighted by atomic mass is 35.5. The van der Waals surface area contributed by atoms with Crippen molar-refractivity contribution >= 4 is 33.3 Å². The normalized spacial score (nSPS) is 12.4. The number of rotatable bonds is 7. The lowest BCUT2D eigenvalue weighted by molar-refractivity contribution is -0.384. The smallest absolute Gasteiger partial charge is 0.307 e. The number of benzene rings is 2. The van der Waals surface area contributed by atoms with Crippen molar-refractivity contribution in [2.24, 2.45) is 0 Å². The molecule has 0 radical (unpaired) electrons. The summed E-state index contributed by atoms with van der Waals surface area (Å²) < 4.78 is 32.2. The molecule has 2 rings (SSSR count). The van der Waals surface area contributed by atoms with Crippen LogP contribution >= 0.6 is 11.6 Å². The van der Waals surface area contributed by atoms with Gasteiger partial charge in [0, 0.05) is 17.2 Å². The van der Waals surface area contributed by atoms with Gasteiger partial charge in [0.15, 0.2) is 0 Å². The molecular formula is C16H15ClN2O6S. The number of ether oxygens (including phenoxy) is 1. The highest BCUT2D eigenvalue weighted by Gasteiger charge is 2.24. The number of non-ortho nitro benzene ring substituents is 1. The Balaban J connectivity index is 2.31. The Morgan fingerprint density at radius 3 is 2.27 bits per heavy atom. The molecule has 0 saturated carbocycles. The van der Waals surface area contributed by atoms with Crippen LogP contribution in [-0.2, 0) is 19.6 Å². The number of hydrogen-bond acceptors (Lipinski definition) is 6. The van der Waals surface area contributed by atoms with Gasteiger partial charge < -0.3 is 4.74 Å². The minimum atomic E-state index is -4.03. The van der Waals surface area contributed by atoms with Crippen molar-refractivity contribution in [2.75, 3.05) is 7.11 Å². The van der Waals surface area contributed by atoms with Crippen molar-refractivity contribution in [1.29, 1.82) is 0 Å². The average Bonchev–Trinajstić information content (AvgIpc) is 2.61. The van der Waals surface area contributed by atoms with Crippen LogP contribution in [0.4, 0.5) is 5.69 Å². The fraction of sp³-hybridized carbons (Fsp3) is 0.188. The first-order chi connectivity index (χ1) is 12.2. The highest BCUT2D eigenvalue weighted by Crippen LogP contribution is 2.23. The number of nitrogens with one attached hydrogen (secondary N) is 1. The Kier molecular flexibility index (Phi) is 6.30. The summed E-state index contributed by atoms with van der Waals surface area (Å²) in [7, 11) is -2.83. The van der Waals surface area contributed by atoms with Gasteiger partial charge in [-0.3, -0.25) is 14.9 Å². The lowest BCUT2D eigenvalue weighted by Crippen LogP contribution is -2.30. The molecule has 1 N–H and O–H groups in total. The van der Waals surface area contributed by atoms with E-state index in [1.807, 2.05) is 0 Å². The Hall–Kier alpha value is -2.49. The van der Waals surface area contributed by atoms with Crippen LogP contribution in [0.25, 0.3) is 0 Å². The van der Waals surface area contributed by atoms with Crippen LogP contribution in [0.2, 0.25) is 5.02 Å². The minimum Gasteiger partial charge on any atom is -0.469 e. The zero-order valence-electron chi connectivity index (χ0n) is 13.6. The van der Waals surface area contributed by atoms with Crippen molar-refractivity contribution in [3.05, 3.63) is 69.2 Å². The highest BCUT2D eigenvalue weighted by molar-refractivity contribution is 7.89. The molecule has 0 spiro atoms. The maximum Gasteiger partial charge on any atom is 0.307 e. The molecule has 2 aromatic carbocycles. The van der Waals surface area contributed by atoms with Crippen LogP contribution in [0, 0.1) is 10.1 Å². The molecule has 138 valence electrons. The molecule has 10 heteroatoms. The standard InChI is InChI=1S/C16H15ClN2O6S/c1-25-16(20)10-15(11-2-4-12(17)5-3-11)18-26(23,24)14-8-6-13(7-9-14)19(21)22/h2-9,15,18H,10H2,1H3/t15-/m0/s1. The number of halogens is 1. The molecule has 0 aromatic heterocycles. The number of nitro groups is 1. The van der Waals surface area contributed by atoms with Gasteiger partial charge in [0.1, 0.15) is 0 Å². The van der Waals surface area contributed by atoms with E-state index in [-0.39, 0.29) is 17.0 Å². The van der Waals surface area contributed by atoms with E-state index in [4.69, 9.17) is 11.6 Å². The largest absolute Gasteiger partial charge is 0.469 e. The molecule has 0 heterocycles. The fourth-order valence-electron chi connectivity index (χ4n) is 2.17. The van der Waals surface area contributed by atoms with Crippen LogP contribution in [0.5, 0.6) is 0 Å². The molecule has 8 nitrogen and oxygen atoms in total. The lowest BCUT2D eigenvalue weighted by atomic mass is 10.1. The van der Waals surface area contributed by atoms with Crippen LogP contribution in [-0.4, -0.2) is 26.4 Å². The van der Waals surface area contributed by atoms with E-state index >= 15 is 0 Å². The molecule has 0 unspecified atom stereocenters. The first-order valence-corrected chi connectivity index (χ1v) is 9.18. The third-order valence-corrected chi connectivity index (χ3v) is 5.27. The Morgan fingerprint density at radius 1 is 1.19 bits per heavy atom. The maximum atomic E-state index is 12.6. The molecular weight excluding hydrogens is 384 g/mol. The first kappa shape index (κ1) is 19.8. The van der Waals surface area contributed by atoms with Crippen LogP contribution in [0.15, 0.2) is 53.4 Å². The van der Waals surface area contributed by atoms with Crippen molar-refractivity contribution in [2.45, 2.75) is 17.4 Å². The maximum absolute atomic E-state index is 12.6. The van der Waals surface area contributed by atoms with E-state index in [9.17, 15) is 23.3 Å². The third-order valence-electron chi connectivity index (χ3n) is 3.53. The van der Waals surface area contributed by atoms with E-state index in [2.05, 4.69) is 9.46 Å². The number of carbonyl (C=O) groups is 1. The Bertz CT molecular complexity index is 897. The summed E-state index contributed by atoms with van der Waals surface area (Å²) in [6.07, 6.45) is -0.232. The van der Waals surface area contributed by atoms with E-state index in [1.165, 1.54) is 7.11 Å². The summed E-state index contributed by atoms with van der Waals surface area (Å²) in [5.74, 6) is -0.601. The van der Waals surface area contributed by atoms with Crippen LogP contribution < -0.4 is 4.72 Å². The van der Waals surface area contributed by atoms with Gasteiger partial charge in [0.25, 0.3) is 5.69 Å². The molecule has 0 aliphatic rings. The number of sulfonamides is 1. The zero-order valence-corrected chi connectivity index (χ0v) is 15.2. The summed E-state index contributed by atoms with van der Waals surface area (Å²) in [6.45, 7) is 0. The lowest BCUT2D eigenvalue weighted by Gasteiger charge is -2.18. The van der Waals surface area contributed by atoms with Gasteiger partial charge in [0.05, 0.1) is 29.4 Å². The van der Waals surface area contributed by atoms with Crippen molar-refractivity contribution in [3.8, 4) is 0 Å². The summed E-state index contributed by atoms with van der Waals surface area (Å²) in [4.78, 5) is 21.5. The predicted octanol–water partition coefficient (Wildman–Crippen LogP) is 2.83. The van der Waals surface area contributed by atoms with Crippen LogP contribution in [0.3, 0.4) is 0 Å². The molecule has 0 bridgehead atoms. The van der Waals surface area contributed by atoms with Gasteiger partial charge in [-0.15, -0.1) is 0 Å². The number of hydrogen-bond donors (Lipinski definition) is 1. The van der Waals surface area contributed by atoms with Crippen molar-refractivity contribution in [1.82, 2.24) is 4.72 Å². The number of esters is 1. The van der Waals surface area contributed by atoms with E-state index in [1.54, 1.807) is 24.3 Å². The molecule has 0 aliphatic carbocycles. The SMILES string of the molecule is COC(=O)C[C@H](NS(=O)(=O)c1ccc([N+](=O)[O-])cc1)c1ccc(Cl)cc1. The van der Waals surface area contributed by atoms with Gasteiger partial charge in [0.2, 0.25) is 10.0 Å². The molecule has 0 fully saturated rings. The summed E-state index contributed by atoms with van der Waals surface area (Å²) in [5.41, 5.74) is 0.290. The Morgan fingerprint density at radius 2 is 1.77 bits per heavy atom. The summed E-state index contributed by atoms with van der Waals surface area (Å²) >= 11 is 5.83. The molecule has 0 saturated heterocycles. The van der Waals surface area contributed by atoms with Gasteiger partial charge >= 0.3 is 5.97 Å². The van der Waals surface area contributed by atoms with Crippen molar-refractivity contribution < 1.29 is 22.9 Å². The number of methoxy groups -OCH3 is 1. The first-order valence-electron chi connectivity index (χ1n) is 7.32. The zero-order chi connectivity index (χ0) is 19.3. The number of nitro benzene ring substituents is 1. The predicted molar refractivity (Wildman–Crippen MR) is 94.2 cm³/mol. The van der Waals surface area contributed by atoms with E-state index in [0.29, 0.717) is 10.6 Å². The molecule has 1 atom stereocenters. The fourth-order valence-corrected chi connectivity index (χ4v) is 3.53. The summed E-state index contributed by atoms with van der Waals surface area (Å²) in [5, 5.41) is 11.1. The molecule has 26 heavy (non-hydrogen) atoms. The quantitative estimate of drug-likeness (QED) is 0.435. The minimum absolute atomic E-state index is 0.160. The van der Waals surface area contributed by atoms with Gasteiger partial charge in [-0.2, -0.15) is 0 Å². The second-order valence-electron chi connectivity index (χ2n) is 5.26. The average molecular weight is 399 g/mol. The Labute approximate surface area is 154 Å². The second kappa shape index (κ2) is 8.26. The molecule has 0 aliphatic heterocycles. The van der Waals surface area contributed by atoms with Crippen LogP contribution in [0.1, 0.15) is 18.0 Å². The third kappa shape index (κ3) is 5.01. The van der Waals surface area contributed by atoms with Gasteiger partial charge in [-0.05, 0) is 29.8 Å². The van der Waals surface area contributed by atoms with E-state index < -0.39 is 27.0 Å². The second-order valence-corrected chi connectivity index (χ2v) is 7.41. The topological polar surface area (TPSA) is 116 Å². The van der Waals surface area contributed by atoms with Crippen molar-refractivity contribution in [3.63, 3.8) is 0 Å².